The van der Waals surface area contributed by atoms with Crippen molar-refractivity contribution in [1.29, 1.82) is 0 Å². The molecule has 2 bridgehead atoms. The van der Waals surface area contributed by atoms with Gasteiger partial charge in [0.15, 0.2) is 11.5 Å². The first kappa shape index (κ1) is 20.9. The van der Waals surface area contributed by atoms with Crippen LogP contribution in [0.1, 0.15) is 32.4 Å². The van der Waals surface area contributed by atoms with E-state index in [2.05, 4.69) is 38.2 Å². The third-order valence-corrected chi connectivity index (χ3v) is 7.47. The molecule has 5 rings (SSSR count). The van der Waals surface area contributed by atoms with E-state index >= 15 is 0 Å². The van der Waals surface area contributed by atoms with E-state index in [0.29, 0.717) is 13.2 Å². The maximum absolute atomic E-state index is 12.5. The second-order valence-electron chi connectivity index (χ2n) is 9.16. The van der Waals surface area contributed by atoms with E-state index in [1.54, 1.807) is 0 Å². The Balaban J connectivity index is 1.35. The smallest absolute Gasteiger partial charge is 0.411 e. The maximum atomic E-state index is 12.5. The van der Waals surface area contributed by atoms with E-state index in [1.807, 2.05) is 42.5 Å². The minimum absolute atomic E-state index is 0.0745. The number of benzene rings is 2. The number of para-hydroxylation sites is 1. The molecule has 2 aromatic rings. The van der Waals surface area contributed by atoms with Crippen molar-refractivity contribution in [2.45, 2.75) is 26.9 Å². The van der Waals surface area contributed by atoms with Crippen molar-refractivity contribution in [1.82, 2.24) is 0 Å². The average Bonchev–Trinajstić information content (AvgIpc) is 3.25. The SMILES string of the molecule is CC1=C[C@H](C)[C@@]2(COC(=O)Nc3ccccc3)CO[C@H](c3ccc4c(c3)OCO4)[C@H]1[C@@H]2C. The molecule has 0 unspecified atom stereocenters. The van der Waals surface area contributed by atoms with Gasteiger partial charge in [-0.15, -0.1) is 0 Å². The average molecular weight is 436 g/mol. The number of rotatable bonds is 4. The number of allylic oxidation sites excluding steroid dienone is 1. The van der Waals surface area contributed by atoms with E-state index in [-0.39, 0.29) is 36.1 Å². The van der Waals surface area contributed by atoms with E-state index < -0.39 is 6.09 Å². The molecule has 1 N–H and O–H groups in total. The zero-order valence-electron chi connectivity index (χ0n) is 18.7. The van der Waals surface area contributed by atoms with Gasteiger partial charge < -0.3 is 18.9 Å². The first-order valence-electron chi connectivity index (χ1n) is 11.2. The normalized spacial score (nSPS) is 30.4. The summed E-state index contributed by atoms with van der Waals surface area (Å²) in [7, 11) is 0. The van der Waals surface area contributed by atoms with Gasteiger partial charge >= 0.3 is 6.09 Å². The van der Waals surface area contributed by atoms with E-state index in [1.165, 1.54) is 5.57 Å². The molecule has 0 radical (unpaired) electrons. The Morgan fingerprint density at radius 3 is 2.72 bits per heavy atom. The van der Waals surface area contributed by atoms with Crippen molar-refractivity contribution < 1.29 is 23.7 Å². The monoisotopic (exact) mass is 435 g/mol. The molecule has 32 heavy (non-hydrogen) atoms. The van der Waals surface area contributed by atoms with Crippen LogP contribution < -0.4 is 14.8 Å². The molecule has 2 aromatic carbocycles. The predicted molar refractivity (Wildman–Crippen MR) is 121 cm³/mol. The van der Waals surface area contributed by atoms with Gasteiger partial charge in [-0.3, -0.25) is 5.32 Å². The largest absolute Gasteiger partial charge is 0.454 e. The maximum Gasteiger partial charge on any atom is 0.411 e. The first-order valence-corrected chi connectivity index (χ1v) is 11.2. The molecule has 2 aliphatic heterocycles. The minimum atomic E-state index is -0.439. The summed E-state index contributed by atoms with van der Waals surface area (Å²) in [4.78, 5) is 12.5. The molecule has 6 nitrogen and oxygen atoms in total. The molecular weight excluding hydrogens is 406 g/mol. The molecule has 0 saturated carbocycles. The zero-order chi connectivity index (χ0) is 22.3. The van der Waals surface area contributed by atoms with Gasteiger partial charge in [-0.2, -0.15) is 0 Å². The highest BCUT2D eigenvalue weighted by Gasteiger charge is 2.54. The Hall–Kier alpha value is -2.99. The fourth-order valence-electron chi connectivity index (χ4n) is 5.52. The molecule has 0 spiro atoms. The summed E-state index contributed by atoms with van der Waals surface area (Å²) < 4.78 is 23.3. The van der Waals surface area contributed by atoms with Crippen molar-refractivity contribution in [2.24, 2.45) is 23.2 Å². The van der Waals surface area contributed by atoms with Crippen LogP contribution in [-0.4, -0.2) is 26.1 Å². The highest BCUT2D eigenvalue weighted by atomic mass is 16.7. The molecule has 2 heterocycles. The summed E-state index contributed by atoms with van der Waals surface area (Å²) in [6, 6.07) is 15.4. The lowest BCUT2D eigenvalue weighted by Crippen LogP contribution is -2.54. The van der Waals surface area contributed by atoms with Gasteiger partial charge in [0, 0.05) is 17.0 Å². The second-order valence-corrected chi connectivity index (χ2v) is 9.16. The fraction of sp³-hybridized carbons (Fsp3) is 0.423. The lowest BCUT2D eigenvalue weighted by atomic mass is 9.56. The molecule has 1 aliphatic carbocycles. The van der Waals surface area contributed by atoms with Gasteiger partial charge in [-0.1, -0.05) is 49.8 Å². The Labute approximate surface area is 188 Å². The molecule has 1 fully saturated rings. The van der Waals surface area contributed by atoms with Crippen molar-refractivity contribution in [3.63, 3.8) is 0 Å². The van der Waals surface area contributed by atoms with Crippen LogP contribution in [0.2, 0.25) is 0 Å². The van der Waals surface area contributed by atoms with Crippen molar-refractivity contribution in [3.8, 4) is 11.5 Å². The summed E-state index contributed by atoms with van der Waals surface area (Å²) in [6.45, 7) is 7.72. The van der Waals surface area contributed by atoms with E-state index in [9.17, 15) is 4.79 Å². The van der Waals surface area contributed by atoms with Crippen LogP contribution in [0.5, 0.6) is 11.5 Å². The zero-order valence-corrected chi connectivity index (χ0v) is 18.7. The number of nitrogens with one attached hydrogen (secondary N) is 1. The quantitative estimate of drug-likeness (QED) is 0.636. The molecule has 0 aromatic heterocycles. The van der Waals surface area contributed by atoms with Crippen LogP contribution >= 0.6 is 0 Å². The third-order valence-electron chi connectivity index (χ3n) is 7.47. The van der Waals surface area contributed by atoms with Crippen LogP contribution in [0, 0.1) is 23.2 Å². The number of hydrogen-bond donors (Lipinski definition) is 1. The Morgan fingerprint density at radius 2 is 1.91 bits per heavy atom. The summed E-state index contributed by atoms with van der Waals surface area (Å²) in [6.07, 6.45) is 1.81. The highest BCUT2D eigenvalue weighted by Crippen LogP contribution is 2.56. The standard InChI is InChI=1S/C26H29NO5/c1-16-11-17(2)26(14-30-25(28)27-20-7-5-4-6-8-20)13-29-24(23(16)18(26)3)19-9-10-21-22(12-19)32-15-31-21/h4-12,17-18,23-24H,13-15H2,1-3H3,(H,27,28)/t17-,18-,23+,24+,26-/m0/s1. The van der Waals surface area contributed by atoms with Crippen LogP contribution in [0.25, 0.3) is 0 Å². The van der Waals surface area contributed by atoms with Crippen molar-refractivity contribution in [2.75, 3.05) is 25.3 Å². The van der Waals surface area contributed by atoms with Crippen LogP contribution in [0.15, 0.2) is 60.2 Å². The van der Waals surface area contributed by atoms with Crippen LogP contribution in [0.4, 0.5) is 10.5 Å². The van der Waals surface area contributed by atoms with Gasteiger partial charge in [0.25, 0.3) is 0 Å². The second kappa shape index (κ2) is 8.17. The predicted octanol–water partition coefficient (Wildman–Crippen LogP) is 5.57. The molecule has 3 aliphatic rings. The van der Waals surface area contributed by atoms with E-state index in [0.717, 1.165) is 22.7 Å². The number of anilines is 1. The molecule has 1 amide bonds. The van der Waals surface area contributed by atoms with Gasteiger partial charge in [-0.05, 0) is 48.6 Å². The van der Waals surface area contributed by atoms with Crippen molar-refractivity contribution >= 4 is 11.8 Å². The van der Waals surface area contributed by atoms with Gasteiger partial charge in [0.1, 0.15) is 6.61 Å². The molecule has 168 valence electrons. The lowest BCUT2D eigenvalue weighted by molar-refractivity contribution is -0.165. The number of hydrogen-bond acceptors (Lipinski definition) is 5. The van der Waals surface area contributed by atoms with Crippen molar-refractivity contribution in [3.05, 3.63) is 65.7 Å². The summed E-state index contributed by atoms with van der Waals surface area (Å²) in [5.74, 6) is 2.24. The molecule has 6 heteroatoms. The topological polar surface area (TPSA) is 66.0 Å². The minimum Gasteiger partial charge on any atom is -0.454 e. The first-order chi connectivity index (χ1) is 15.5. The summed E-state index contributed by atoms with van der Waals surface area (Å²) >= 11 is 0. The lowest BCUT2D eigenvalue weighted by Gasteiger charge is -2.55. The summed E-state index contributed by atoms with van der Waals surface area (Å²) in [5, 5.41) is 2.81. The molecular formula is C26H29NO5. The molecule has 1 saturated heterocycles. The van der Waals surface area contributed by atoms with Gasteiger partial charge in [0.05, 0.1) is 12.7 Å². The van der Waals surface area contributed by atoms with Crippen LogP contribution in [0.3, 0.4) is 0 Å². The Morgan fingerprint density at radius 1 is 1.12 bits per heavy atom. The number of carbonyl (C=O) groups excluding carboxylic acids is 1. The number of ether oxygens (including phenoxy) is 4. The Kier molecular flexibility index (Phi) is 5.33. The number of amides is 1. The fourth-order valence-corrected chi connectivity index (χ4v) is 5.52. The van der Waals surface area contributed by atoms with E-state index in [4.69, 9.17) is 18.9 Å². The van der Waals surface area contributed by atoms with Crippen LogP contribution in [-0.2, 0) is 9.47 Å². The third kappa shape index (κ3) is 3.52. The molecule has 5 atom stereocenters. The number of carbonyl (C=O) groups is 1. The Bertz CT molecular complexity index is 1040. The summed E-state index contributed by atoms with van der Waals surface area (Å²) in [5.41, 5.74) is 2.85. The number of fused-ring (bicyclic) bond motifs is 3. The highest BCUT2D eigenvalue weighted by molar-refractivity contribution is 5.84. The van der Waals surface area contributed by atoms with Gasteiger partial charge in [0.2, 0.25) is 6.79 Å². The van der Waals surface area contributed by atoms with Gasteiger partial charge in [-0.25, -0.2) is 4.79 Å².